The molecule has 0 saturated heterocycles. The number of ether oxygens (including phenoxy) is 1. The third-order valence-electron chi connectivity index (χ3n) is 3.96. The molecule has 2 N–H and O–H groups in total. The summed E-state index contributed by atoms with van der Waals surface area (Å²) in [6.45, 7) is 0.456. The van der Waals surface area contributed by atoms with E-state index < -0.39 is 21.2 Å². The van der Waals surface area contributed by atoms with Crippen LogP contribution >= 0.6 is 0 Å². The van der Waals surface area contributed by atoms with Gasteiger partial charge in [0, 0.05) is 25.7 Å². The number of benzene rings is 1. The number of anilines is 1. The van der Waals surface area contributed by atoms with Crippen molar-refractivity contribution < 1.29 is 27.9 Å². The number of nitrogens with one attached hydrogen (secondary N) is 1. The number of methoxy groups -OCH3 is 1. The molecule has 1 aliphatic rings. The first-order valence-corrected chi connectivity index (χ1v) is 8.96. The van der Waals surface area contributed by atoms with Crippen molar-refractivity contribution in [1.29, 1.82) is 0 Å². The monoisotopic (exact) mass is 341 g/mol. The van der Waals surface area contributed by atoms with Crippen LogP contribution in [0.2, 0.25) is 0 Å². The lowest BCUT2D eigenvalue weighted by molar-refractivity contribution is -0.121. The first-order chi connectivity index (χ1) is 10.7. The molecule has 1 aromatic carbocycles. The van der Waals surface area contributed by atoms with Crippen LogP contribution < -0.4 is 5.32 Å². The van der Waals surface area contributed by atoms with Crippen molar-refractivity contribution in [2.24, 2.45) is 5.41 Å². The Kier molecular flexibility index (Phi) is 4.76. The van der Waals surface area contributed by atoms with Crippen LogP contribution in [0.4, 0.5) is 5.69 Å². The Bertz CT molecular complexity index is 736. The van der Waals surface area contributed by atoms with E-state index in [1.54, 1.807) is 7.11 Å². The van der Waals surface area contributed by atoms with Gasteiger partial charge in [-0.05, 0) is 37.5 Å². The van der Waals surface area contributed by atoms with Gasteiger partial charge in [0.05, 0.1) is 15.9 Å². The first kappa shape index (κ1) is 17.4. The second kappa shape index (κ2) is 6.29. The molecule has 0 radical (unpaired) electrons. The van der Waals surface area contributed by atoms with E-state index in [1.165, 1.54) is 12.1 Å². The number of carbonyl (C=O) groups excluding carboxylic acids is 1. The van der Waals surface area contributed by atoms with Gasteiger partial charge >= 0.3 is 5.97 Å². The smallest absolute Gasteiger partial charge is 0.335 e. The van der Waals surface area contributed by atoms with E-state index in [9.17, 15) is 18.0 Å². The van der Waals surface area contributed by atoms with E-state index >= 15 is 0 Å². The highest BCUT2D eigenvalue weighted by Gasteiger charge is 2.49. The number of carbonyl (C=O) groups is 2. The zero-order valence-corrected chi connectivity index (χ0v) is 13.8. The lowest BCUT2D eigenvalue weighted by Crippen LogP contribution is -2.25. The minimum absolute atomic E-state index is 0.144. The minimum atomic E-state index is -3.59. The van der Waals surface area contributed by atoms with Gasteiger partial charge in [0.2, 0.25) is 5.91 Å². The minimum Gasteiger partial charge on any atom is -0.478 e. The number of sulfone groups is 1. The molecule has 1 amide bonds. The molecule has 126 valence electrons. The molecule has 1 aliphatic carbocycles. The predicted molar refractivity (Wildman–Crippen MR) is 83.3 cm³/mol. The quantitative estimate of drug-likeness (QED) is 0.778. The van der Waals surface area contributed by atoms with Crippen molar-refractivity contribution in [2.75, 3.05) is 25.3 Å². The average Bonchev–Trinajstić information content (AvgIpc) is 3.25. The second-order valence-corrected chi connectivity index (χ2v) is 7.82. The molecule has 0 spiro atoms. The third-order valence-corrected chi connectivity index (χ3v) is 5.05. The Morgan fingerprint density at radius 1 is 1.30 bits per heavy atom. The molecule has 7 nitrogen and oxygen atoms in total. The molecule has 1 aromatic rings. The number of aromatic carboxylic acids is 1. The van der Waals surface area contributed by atoms with Crippen LogP contribution in [0.15, 0.2) is 23.1 Å². The fraction of sp³-hybridized carbons (Fsp3) is 0.467. The van der Waals surface area contributed by atoms with E-state index in [0.29, 0.717) is 13.0 Å². The highest BCUT2D eigenvalue weighted by molar-refractivity contribution is 7.90. The van der Waals surface area contributed by atoms with Gasteiger partial charge in [0.1, 0.15) is 0 Å². The highest BCUT2D eigenvalue weighted by Crippen LogP contribution is 2.49. The summed E-state index contributed by atoms with van der Waals surface area (Å²) >= 11 is 0. The Labute approximate surface area is 134 Å². The Balaban J connectivity index is 2.27. The lowest BCUT2D eigenvalue weighted by atomic mass is 10.0. The highest BCUT2D eigenvalue weighted by atomic mass is 32.2. The fourth-order valence-electron chi connectivity index (χ4n) is 2.31. The molecule has 0 unspecified atom stereocenters. The van der Waals surface area contributed by atoms with Crippen LogP contribution in [-0.4, -0.2) is 45.4 Å². The van der Waals surface area contributed by atoms with Crippen molar-refractivity contribution >= 4 is 27.4 Å². The van der Waals surface area contributed by atoms with Crippen molar-refractivity contribution in [3.8, 4) is 0 Å². The first-order valence-electron chi connectivity index (χ1n) is 7.07. The van der Waals surface area contributed by atoms with E-state index in [1.807, 2.05) is 0 Å². The van der Waals surface area contributed by atoms with Crippen LogP contribution in [0.1, 0.15) is 29.6 Å². The van der Waals surface area contributed by atoms with Crippen molar-refractivity contribution in [3.05, 3.63) is 23.8 Å². The molecular formula is C15H19NO6S. The number of carboxylic acids is 1. The zero-order valence-electron chi connectivity index (χ0n) is 13.0. The van der Waals surface area contributed by atoms with Gasteiger partial charge in [-0.2, -0.15) is 0 Å². The van der Waals surface area contributed by atoms with Crippen molar-refractivity contribution in [1.82, 2.24) is 0 Å². The second-order valence-electron chi connectivity index (χ2n) is 5.80. The summed E-state index contributed by atoms with van der Waals surface area (Å²) in [4.78, 5) is 23.4. The summed E-state index contributed by atoms with van der Waals surface area (Å²) in [7, 11) is -2.03. The molecule has 0 heterocycles. The summed E-state index contributed by atoms with van der Waals surface area (Å²) in [6.07, 6.45) is 3.03. The topological polar surface area (TPSA) is 110 Å². The van der Waals surface area contributed by atoms with Crippen LogP contribution in [0, 0.1) is 5.41 Å². The summed E-state index contributed by atoms with van der Waals surface area (Å²) < 4.78 is 28.3. The van der Waals surface area contributed by atoms with Crippen LogP contribution in [0.5, 0.6) is 0 Å². The van der Waals surface area contributed by atoms with Gasteiger partial charge < -0.3 is 15.2 Å². The standard InChI is InChI=1S/C15H19NO6S/c1-22-6-5-15(3-4-15)14(19)16-11-7-10(13(17)18)8-12(9-11)23(2,20)21/h7-9H,3-6H2,1-2H3,(H,16,19)(H,17,18). The molecule has 0 atom stereocenters. The van der Waals surface area contributed by atoms with Gasteiger partial charge in [-0.15, -0.1) is 0 Å². The number of carboxylic acid groups (broad SMARTS) is 1. The molecule has 23 heavy (non-hydrogen) atoms. The van der Waals surface area contributed by atoms with Crippen LogP contribution in [0.25, 0.3) is 0 Å². The Hall–Kier alpha value is -1.93. The molecule has 0 aromatic heterocycles. The summed E-state index contributed by atoms with van der Waals surface area (Å²) in [6, 6.07) is 3.60. The summed E-state index contributed by atoms with van der Waals surface area (Å²) in [5.74, 6) is -1.50. The predicted octanol–water partition coefficient (Wildman–Crippen LogP) is 1.54. The average molecular weight is 341 g/mol. The number of amides is 1. The number of hydrogen-bond donors (Lipinski definition) is 2. The van der Waals surface area contributed by atoms with Gasteiger partial charge in [0.25, 0.3) is 0 Å². The Morgan fingerprint density at radius 3 is 2.43 bits per heavy atom. The van der Waals surface area contributed by atoms with Crippen LogP contribution in [0.3, 0.4) is 0 Å². The summed E-state index contributed by atoms with van der Waals surface area (Å²) in [5, 5.41) is 11.7. The molecule has 0 aliphatic heterocycles. The van der Waals surface area contributed by atoms with E-state index in [0.717, 1.165) is 25.2 Å². The maximum Gasteiger partial charge on any atom is 0.335 e. The zero-order chi connectivity index (χ0) is 17.3. The van der Waals surface area contributed by atoms with Gasteiger partial charge in [-0.3, -0.25) is 4.79 Å². The molecule has 8 heteroatoms. The Morgan fingerprint density at radius 2 is 1.96 bits per heavy atom. The van der Waals surface area contributed by atoms with Crippen LogP contribution in [-0.2, 0) is 19.4 Å². The normalized spacial score (nSPS) is 15.9. The molecule has 1 saturated carbocycles. The van der Waals surface area contributed by atoms with Gasteiger partial charge in [-0.1, -0.05) is 0 Å². The summed E-state index contributed by atoms with van der Waals surface area (Å²) in [5.41, 5.74) is -0.524. The van der Waals surface area contributed by atoms with Crippen molar-refractivity contribution in [2.45, 2.75) is 24.2 Å². The molecular weight excluding hydrogens is 322 g/mol. The van der Waals surface area contributed by atoms with E-state index in [2.05, 4.69) is 5.32 Å². The van der Waals surface area contributed by atoms with Crippen molar-refractivity contribution in [3.63, 3.8) is 0 Å². The van der Waals surface area contributed by atoms with E-state index in [-0.39, 0.29) is 22.1 Å². The fourth-order valence-corrected chi connectivity index (χ4v) is 2.99. The van der Waals surface area contributed by atoms with Gasteiger partial charge in [-0.25, -0.2) is 13.2 Å². The third kappa shape index (κ3) is 4.08. The molecule has 0 bridgehead atoms. The SMILES string of the molecule is COCCC1(C(=O)Nc2cc(C(=O)O)cc(S(C)(=O)=O)c2)CC1. The maximum atomic E-state index is 12.4. The largest absolute Gasteiger partial charge is 0.478 e. The van der Waals surface area contributed by atoms with E-state index in [4.69, 9.17) is 9.84 Å². The lowest BCUT2D eigenvalue weighted by Gasteiger charge is -2.15. The maximum absolute atomic E-state index is 12.4. The number of rotatable bonds is 7. The number of hydrogen-bond acceptors (Lipinski definition) is 5. The van der Waals surface area contributed by atoms with Gasteiger partial charge in [0.15, 0.2) is 9.84 Å². The molecule has 1 fully saturated rings. The molecule has 2 rings (SSSR count).